The number of aryl methyl sites for hydroxylation is 1. The molecular formula is C13H10BrF2N3O. The van der Waals surface area contributed by atoms with Crippen molar-refractivity contribution in [2.24, 2.45) is 0 Å². The number of hydrogen-bond acceptors (Lipinski definition) is 2. The third-order valence-corrected chi connectivity index (χ3v) is 3.30. The zero-order chi connectivity index (χ0) is 14.7. The predicted molar refractivity (Wildman–Crippen MR) is 75.7 cm³/mol. The van der Waals surface area contributed by atoms with Crippen molar-refractivity contribution < 1.29 is 13.6 Å². The van der Waals surface area contributed by atoms with Gasteiger partial charge in [0.2, 0.25) is 0 Å². The summed E-state index contributed by atoms with van der Waals surface area (Å²) in [5.41, 5.74) is 0.779. The Kier molecular flexibility index (Phi) is 4.29. The van der Waals surface area contributed by atoms with Crippen molar-refractivity contribution in [3.63, 3.8) is 0 Å². The third-order valence-electron chi connectivity index (χ3n) is 2.47. The molecule has 0 atom stereocenters. The molecule has 0 aliphatic heterocycles. The van der Waals surface area contributed by atoms with E-state index in [1.807, 2.05) is 6.92 Å². The lowest BCUT2D eigenvalue weighted by Crippen LogP contribution is -2.20. The zero-order valence-corrected chi connectivity index (χ0v) is 12.0. The van der Waals surface area contributed by atoms with E-state index in [1.54, 1.807) is 12.3 Å². The number of carbonyl (C=O) groups is 1. The molecular weight excluding hydrogens is 332 g/mol. The van der Waals surface area contributed by atoms with Crippen molar-refractivity contribution in [1.82, 2.24) is 4.98 Å². The van der Waals surface area contributed by atoms with E-state index in [4.69, 9.17) is 0 Å². The monoisotopic (exact) mass is 341 g/mol. The number of benzene rings is 1. The van der Waals surface area contributed by atoms with Crippen LogP contribution in [-0.4, -0.2) is 11.0 Å². The molecule has 0 unspecified atom stereocenters. The summed E-state index contributed by atoms with van der Waals surface area (Å²) < 4.78 is 26.9. The molecule has 0 aliphatic carbocycles. The first-order chi connectivity index (χ1) is 9.45. The van der Waals surface area contributed by atoms with Gasteiger partial charge in [-0.25, -0.2) is 18.6 Å². The lowest BCUT2D eigenvalue weighted by molar-refractivity contribution is 0.262. The molecule has 0 aliphatic rings. The summed E-state index contributed by atoms with van der Waals surface area (Å²) in [7, 11) is 0. The van der Waals surface area contributed by atoms with Crippen LogP contribution in [0.25, 0.3) is 0 Å². The van der Waals surface area contributed by atoms with Crippen LogP contribution < -0.4 is 10.6 Å². The highest BCUT2D eigenvalue weighted by Gasteiger charge is 2.09. The molecule has 20 heavy (non-hydrogen) atoms. The fourth-order valence-electron chi connectivity index (χ4n) is 1.47. The lowest BCUT2D eigenvalue weighted by atomic mass is 10.3. The van der Waals surface area contributed by atoms with Gasteiger partial charge in [0.1, 0.15) is 17.5 Å². The van der Waals surface area contributed by atoms with Crippen LogP contribution >= 0.6 is 15.9 Å². The predicted octanol–water partition coefficient (Wildman–Crippen LogP) is 4.07. The number of carbonyl (C=O) groups excluding carboxylic acids is 1. The van der Waals surface area contributed by atoms with Crippen LogP contribution in [0.3, 0.4) is 0 Å². The summed E-state index contributed by atoms with van der Waals surface area (Å²) in [6.45, 7) is 1.84. The number of aromatic nitrogens is 1. The highest BCUT2D eigenvalue weighted by Crippen LogP contribution is 2.18. The Bertz CT molecular complexity index is 664. The Morgan fingerprint density at radius 2 is 2.00 bits per heavy atom. The second kappa shape index (κ2) is 5.96. The van der Waals surface area contributed by atoms with E-state index in [0.717, 1.165) is 22.2 Å². The highest BCUT2D eigenvalue weighted by molar-refractivity contribution is 9.10. The Labute approximate surface area is 122 Å². The van der Waals surface area contributed by atoms with Gasteiger partial charge in [-0.05, 0) is 46.6 Å². The minimum Gasteiger partial charge on any atom is -0.305 e. The van der Waals surface area contributed by atoms with Crippen LogP contribution in [0, 0.1) is 18.6 Å². The van der Waals surface area contributed by atoms with Gasteiger partial charge in [-0.2, -0.15) is 0 Å². The Balaban J connectivity index is 2.07. The number of rotatable bonds is 2. The molecule has 0 radical (unpaired) electrons. The minimum absolute atomic E-state index is 0.113. The van der Waals surface area contributed by atoms with E-state index in [-0.39, 0.29) is 5.69 Å². The number of nitrogens with one attached hydrogen (secondary N) is 2. The van der Waals surface area contributed by atoms with E-state index < -0.39 is 17.7 Å². The maximum absolute atomic E-state index is 13.4. The molecule has 2 aromatic rings. The number of pyridine rings is 1. The minimum atomic E-state index is -0.847. The van der Waals surface area contributed by atoms with Crippen LogP contribution in [0.4, 0.5) is 25.1 Å². The largest absolute Gasteiger partial charge is 0.324 e. The van der Waals surface area contributed by atoms with E-state index in [9.17, 15) is 13.6 Å². The molecule has 2 amide bonds. The van der Waals surface area contributed by atoms with Gasteiger partial charge in [-0.15, -0.1) is 0 Å². The van der Waals surface area contributed by atoms with Crippen LogP contribution in [0.2, 0.25) is 0 Å². The van der Waals surface area contributed by atoms with Gasteiger partial charge in [0.15, 0.2) is 0 Å². The van der Waals surface area contributed by atoms with Crippen LogP contribution in [0.5, 0.6) is 0 Å². The smallest absolute Gasteiger partial charge is 0.305 e. The normalized spacial score (nSPS) is 10.2. The number of halogens is 3. The maximum Gasteiger partial charge on any atom is 0.324 e. The molecule has 1 aromatic carbocycles. The average Bonchev–Trinajstić information content (AvgIpc) is 2.37. The first-order valence-corrected chi connectivity index (χ1v) is 6.40. The first kappa shape index (κ1) is 14.4. The van der Waals surface area contributed by atoms with Crippen molar-refractivity contribution in [3.05, 3.63) is 52.1 Å². The molecule has 0 saturated carbocycles. The third kappa shape index (κ3) is 3.51. The second-order valence-corrected chi connectivity index (χ2v) is 4.88. The molecule has 1 heterocycles. The Morgan fingerprint density at radius 3 is 2.65 bits per heavy atom. The zero-order valence-electron chi connectivity index (χ0n) is 10.4. The summed E-state index contributed by atoms with van der Waals surface area (Å²) in [6, 6.07) is 3.89. The standard InChI is InChI=1S/C13H10BrF2N3O/c1-7-4-12(17-6-9(7)14)19-13(20)18-11-3-2-8(15)5-10(11)16/h2-6H,1H3,(H2,17,18,19,20). The molecule has 7 heteroatoms. The maximum atomic E-state index is 13.4. The van der Waals surface area contributed by atoms with E-state index in [0.29, 0.717) is 11.9 Å². The number of hydrogen-bond donors (Lipinski definition) is 2. The topological polar surface area (TPSA) is 54.0 Å². The number of amides is 2. The molecule has 0 spiro atoms. The van der Waals surface area contributed by atoms with Crippen molar-refractivity contribution >= 4 is 33.5 Å². The summed E-state index contributed by atoms with van der Waals surface area (Å²) in [6.07, 6.45) is 1.55. The quantitative estimate of drug-likeness (QED) is 0.864. The summed E-state index contributed by atoms with van der Waals surface area (Å²) in [5.74, 6) is -1.23. The van der Waals surface area contributed by atoms with Gasteiger partial charge in [-0.1, -0.05) is 0 Å². The molecule has 2 rings (SSSR count). The van der Waals surface area contributed by atoms with Gasteiger partial charge in [0.25, 0.3) is 0 Å². The van der Waals surface area contributed by atoms with Crippen LogP contribution in [0.15, 0.2) is 34.9 Å². The van der Waals surface area contributed by atoms with Crippen molar-refractivity contribution in [1.29, 1.82) is 0 Å². The van der Waals surface area contributed by atoms with Crippen molar-refractivity contribution in [2.75, 3.05) is 10.6 Å². The highest BCUT2D eigenvalue weighted by atomic mass is 79.9. The van der Waals surface area contributed by atoms with Gasteiger partial charge in [0, 0.05) is 16.7 Å². The molecule has 0 bridgehead atoms. The van der Waals surface area contributed by atoms with E-state index in [2.05, 4.69) is 31.5 Å². The number of urea groups is 1. The summed E-state index contributed by atoms with van der Waals surface area (Å²) in [5, 5.41) is 4.73. The molecule has 104 valence electrons. The van der Waals surface area contributed by atoms with Gasteiger partial charge in [-0.3, -0.25) is 5.32 Å². The summed E-state index contributed by atoms with van der Waals surface area (Å²) in [4.78, 5) is 15.7. The van der Waals surface area contributed by atoms with Crippen molar-refractivity contribution in [3.8, 4) is 0 Å². The number of anilines is 2. The lowest BCUT2D eigenvalue weighted by Gasteiger charge is -2.08. The molecule has 2 N–H and O–H groups in total. The fraction of sp³-hybridized carbons (Fsp3) is 0.0769. The van der Waals surface area contributed by atoms with Crippen molar-refractivity contribution in [2.45, 2.75) is 6.92 Å². The first-order valence-electron chi connectivity index (χ1n) is 5.61. The number of nitrogens with zero attached hydrogens (tertiary/aromatic N) is 1. The van der Waals surface area contributed by atoms with Gasteiger partial charge in [0.05, 0.1) is 5.69 Å². The van der Waals surface area contributed by atoms with E-state index in [1.165, 1.54) is 0 Å². The Morgan fingerprint density at radius 1 is 1.25 bits per heavy atom. The SMILES string of the molecule is Cc1cc(NC(=O)Nc2ccc(F)cc2F)ncc1Br. The fourth-order valence-corrected chi connectivity index (χ4v) is 1.69. The molecule has 4 nitrogen and oxygen atoms in total. The summed E-state index contributed by atoms with van der Waals surface area (Å²) >= 11 is 3.29. The van der Waals surface area contributed by atoms with Gasteiger partial charge >= 0.3 is 6.03 Å². The van der Waals surface area contributed by atoms with E-state index >= 15 is 0 Å². The molecule has 1 aromatic heterocycles. The molecule has 0 saturated heterocycles. The van der Waals surface area contributed by atoms with Crippen LogP contribution in [-0.2, 0) is 0 Å². The van der Waals surface area contributed by atoms with Gasteiger partial charge < -0.3 is 5.32 Å². The Hall–Kier alpha value is -2.02. The second-order valence-electron chi connectivity index (χ2n) is 4.02. The van der Waals surface area contributed by atoms with Crippen LogP contribution in [0.1, 0.15) is 5.56 Å². The molecule has 0 fully saturated rings. The average molecular weight is 342 g/mol.